The molecule has 4 saturated carbocycles. The highest BCUT2D eigenvalue weighted by atomic mass is 16.5. The summed E-state index contributed by atoms with van der Waals surface area (Å²) in [5.74, 6) is 3.75. The first-order valence-electron chi connectivity index (χ1n) is 11.8. The predicted octanol–water partition coefficient (Wildman–Crippen LogP) is 6.06. The van der Waals surface area contributed by atoms with Crippen LogP contribution >= 0.6 is 0 Å². The van der Waals surface area contributed by atoms with Gasteiger partial charge in [0, 0.05) is 17.2 Å². The third-order valence-electron chi connectivity index (χ3n) is 7.96. The van der Waals surface area contributed by atoms with E-state index in [4.69, 9.17) is 14.6 Å². The summed E-state index contributed by atoms with van der Waals surface area (Å²) in [6.45, 7) is 0. The van der Waals surface area contributed by atoms with E-state index in [-0.39, 0.29) is 5.41 Å². The highest BCUT2D eigenvalue weighted by Crippen LogP contribution is 2.61. The van der Waals surface area contributed by atoms with E-state index >= 15 is 0 Å². The van der Waals surface area contributed by atoms with Crippen LogP contribution in [0.1, 0.15) is 44.2 Å². The molecule has 160 valence electrons. The fraction of sp³-hybridized carbons (Fsp3) is 0.370. The average molecular weight is 423 g/mol. The van der Waals surface area contributed by atoms with Crippen molar-refractivity contribution in [2.24, 2.45) is 17.8 Å². The van der Waals surface area contributed by atoms with Crippen LogP contribution in [0.15, 0.2) is 71.4 Å². The van der Waals surface area contributed by atoms with Gasteiger partial charge in [-0.25, -0.2) is 4.68 Å². The number of benzene rings is 2. The average Bonchev–Trinajstić information content (AvgIpc) is 3.48. The quantitative estimate of drug-likeness (QED) is 0.401. The molecule has 0 aliphatic heterocycles. The molecular formula is C27H26N4O. The Morgan fingerprint density at radius 3 is 2.09 bits per heavy atom. The van der Waals surface area contributed by atoms with Gasteiger partial charge in [0.1, 0.15) is 0 Å². The van der Waals surface area contributed by atoms with E-state index in [1.54, 1.807) is 0 Å². The normalized spacial score (nSPS) is 28.3. The van der Waals surface area contributed by atoms with E-state index in [2.05, 4.69) is 35.6 Å². The molecule has 2 heterocycles. The second-order valence-electron chi connectivity index (χ2n) is 10.2. The van der Waals surface area contributed by atoms with Gasteiger partial charge in [0.2, 0.25) is 5.82 Å². The molecule has 0 amide bonds. The molecule has 32 heavy (non-hydrogen) atoms. The van der Waals surface area contributed by atoms with E-state index in [1.807, 2.05) is 41.1 Å². The molecule has 8 rings (SSSR count). The standard InChI is InChI=1S/C27H26N4O/c1-3-7-21(8-4-1)25-28-26(32-30-25)23-17-31(22-9-5-2-6-10-22)29-24(23)27-14-18-11-19(15-27)13-20(12-18)16-27/h1-10,17-20H,11-16H2. The van der Waals surface area contributed by atoms with Gasteiger partial charge in [-0.15, -0.1) is 0 Å². The molecule has 0 saturated heterocycles. The highest BCUT2D eigenvalue weighted by molar-refractivity contribution is 5.63. The Kier molecular flexibility index (Phi) is 3.96. The summed E-state index contributed by atoms with van der Waals surface area (Å²) >= 11 is 0. The lowest BCUT2D eigenvalue weighted by molar-refractivity contribution is -0.00715. The summed E-state index contributed by atoms with van der Waals surface area (Å²) in [4.78, 5) is 4.81. The van der Waals surface area contributed by atoms with Gasteiger partial charge >= 0.3 is 0 Å². The van der Waals surface area contributed by atoms with Crippen LogP contribution in [0.3, 0.4) is 0 Å². The topological polar surface area (TPSA) is 56.7 Å². The van der Waals surface area contributed by atoms with Gasteiger partial charge in [-0.1, -0.05) is 53.7 Å². The van der Waals surface area contributed by atoms with Crippen molar-refractivity contribution in [3.8, 4) is 28.5 Å². The Morgan fingerprint density at radius 1 is 0.812 bits per heavy atom. The minimum Gasteiger partial charge on any atom is -0.333 e. The Balaban J connectivity index is 1.37. The highest BCUT2D eigenvalue weighted by Gasteiger charge is 2.53. The molecule has 4 aromatic rings. The lowest BCUT2D eigenvalue weighted by Gasteiger charge is -2.56. The van der Waals surface area contributed by atoms with Crippen LogP contribution in [0, 0.1) is 17.8 Å². The summed E-state index contributed by atoms with van der Waals surface area (Å²) in [5, 5.41) is 9.53. The van der Waals surface area contributed by atoms with Crippen molar-refractivity contribution in [1.29, 1.82) is 0 Å². The van der Waals surface area contributed by atoms with Crippen molar-refractivity contribution in [2.45, 2.75) is 43.9 Å². The Bertz CT molecular complexity index is 1220. The molecule has 0 unspecified atom stereocenters. The lowest BCUT2D eigenvalue weighted by Crippen LogP contribution is -2.49. The van der Waals surface area contributed by atoms with Gasteiger partial charge in [0.15, 0.2) is 0 Å². The molecular weight excluding hydrogens is 396 g/mol. The van der Waals surface area contributed by atoms with Crippen LogP contribution in [0.2, 0.25) is 0 Å². The number of para-hydroxylation sites is 1. The molecule has 4 bridgehead atoms. The van der Waals surface area contributed by atoms with E-state index in [0.717, 1.165) is 34.6 Å². The zero-order valence-electron chi connectivity index (χ0n) is 18.0. The Labute approximate surface area is 187 Å². The zero-order chi connectivity index (χ0) is 21.1. The molecule has 2 aromatic carbocycles. The van der Waals surface area contributed by atoms with E-state index in [9.17, 15) is 0 Å². The van der Waals surface area contributed by atoms with Crippen LogP contribution in [0.5, 0.6) is 0 Å². The van der Waals surface area contributed by atoms with Gasteiger partial charge in [-0.3, -0.25) is 0 Å². The Hall–Kier alpha value is -3.21. The number of hydrogen-bond donors (Lipinski definition) is 0. The van der Waals surface area contributed by atoms with Gasteiger partial charge in [-0.2, -0.15) is 10.1 Å². The first-order chi connectivity index (χ1) is 15.8. The smallest absolute Gasteiger partial charge is 0.261 e. The fourth-order valence-electron chi connectivity index (χ4n) is 7.07. The SMILES string of the molecule is c1ccc(-c2noc(-c3cn(-c4ccccc4)nc3C34CC5CC(CC(C5)C3)C4)n2)cc1. The molecule has 0 atom stereocenters. The number of nitrogens with zero attached hydrogens (tertiary/aromatic N) is 4. The summed E-state index contributed by atoms with van der Waals surface area (Å²) < 4.78 is 7.85. The van der Waals surface area contributed by atoms with Crippen LogP contribution in [-0.4, -0.2) is 19.9 Å². The predicted molar refractivity (Wildman–Crippen MR) is 122 cm³/mol. The van der Waals surface area contributed by atoms with Crippen LogP contribution in [0.4, 0.5) is 0 Å². The number of rotatable bonds is 4. The first-order valence-corrected chi connectivity index (χ1v) is 11.8. The number of hydrogen-bond acceptors (Lipinski definition) is 4. The van der Waals surface area contributed by atoms with Crippen molar-refractivity contribution in [3.63, 3.8) is 0 Å². The van der Waals surface area contributed by atoms with E-state index in [1.165, 1.54) is 44.2 Å². The minimum absolute atomic E-state index is 0.144. The molecule has 0 spiro atoms. The van der Waals surface area contributed by atoms with Gasteiger partial charge < -0.3 is 4.52 Å². The zero-order valence-corrected chi connectivity index (χ0v) is 18.0. The van der Waals surface area contributed by atoms with Gasteiger partial charge in [0.05, 0.1) is 16.9 Å². The number of aromatic nitrogens is 4. The third-order valence-corrected chi connectivity index (χ3v) is 7.96. The molecule has 0 N–H and O–H groups in total. The van der Waals surface area contributed by atoms with Gasteiger partial charge in [-0.05, 0) is 68.4 Å². The molecule has 4 aliphatic carbocycles. The monoisotopic (exact) mass is 422 g/mol. The second kappa shape index (κ2) is 6.89. The maximum absolute atomic E-state index is 5.84. The molecule has 4 aliphatic rings. The van der Waals surface area contributed by atoms with Crippen LogP contribution in [0.25, 0.3) is 28.5 Å². The maximum Gasteiger partial charge on any atom is 0.261 e. The third kappa shape index (κ3) is 2.87. The van der Waals surface area contributed by atoms with E-state index < -0.39 is 0 Å². The van der Waals surface area contributed by atoms with E-state index in [0.29, 0.717) is 11.7 Å². The summed E-state index contributed by atoms with van der Waals surface area (Å²) in [6.07, 6.45) is 10.1. The molecule has 5 nitrogen and oxygen atoms in total. The summed E-state index contributed by atoms with van der Waals surface area (Å²) in [5.41, 5.74) is 4.35. The molecule has 4 fully saturated rings. The largest absolute Gasteiger partial charge is 0.333 e. The minimum atomic E-state index is 0.144. The van der Waals surface area contributed by atoms with Crippen molar-refractivity contribution in [3.05, 3.63) is 72.6 Å². The van der Waals surface area contributed by atoms with Crippen molar-refractivity contribution >= 4 is 0 Å². The summed E-state index contributed by atoms with van der Waals surface area (Å²) in [7, 11) is 0. The maximum atomic E-state index is 5.84. The fourth-order valence-corrected chi connectivity index (χ4v) is 7.07. The van der Waals surface area contributed by atoms with Crippen LogP contribution < -0.4 is 0 Å². The second-order valence-corrected chi connectivity index (χ2v) is 10.2. The van der Waals surface area contributed by atoms with Crippen LogP contribution in [-0.2, 0) is 5.41 Å². The first kappa shape index (κ1) is 18.4. The van der Waals surface area contributed by atoms with Gasteiger partial charge in [0.25, 0.3) is 5.89 Å². The lowest BCUT2D eigenvalue weighted by atomic mass is 9.48. The van der Waals surface area contributed by atoms with Crippen molar-refractivity contribution in [1.82, 2.24) is 19.9 Å². The van der Waals surface area contributed by atoms with Crippen molar-refractivity contribution < 1.29 is 4.52 Å². The molecule has 2 aromatic heterocycles. The molecule has 0 radical (unpaired) electrons. The summed E-state index contributed by atoms with van der Waals surface area (Å²) in [6, 6.07) is 20.4. The molecule has 5 heteroatoms. The van der Waals surface area contributed by atoms with Crippen molar-refractivity contribution in [2.75, 3.05) is 0 Å². The Morgan fingerprint density at radius 2 is 1.44 bits per heavy atom.